The van der Waals surface area contributed by atoms with E-state index in [1.54, 1.807) is 17.9 Å². The molecule has 20 heavy (non-hydrogen) atoms. The first-order valence-corrected chi connectivity index (χ1v) is 6.44. The van der Waals surface area contributed by atoms with Crippen molar-refractivity contribution in [2.75, 3.05) is 7.11 Å². The second-order valence-electron chi connectivity index (χ2n) is 4.38. The Hall–Kier alpha value is -1.70. The van der Waals surface area contributed by atoms with Crippen LogP contribution in [0.1, 0.15) is 23.1 Å². The molecule has 1 atom stereocenters. The number of nitrogens with two attached hydrogens (primary N) is 1. The van der Waals surface area contributed by atoms with Crippen molar-refractivity contribution < 1.29 is 4.74 Å². The van der Waals surface area contributed by atoms with Crippen molar-refractivity contribution in [2.45, 2.75) is 19.4 Å². The molecule has 0 aliphatic carbocycles. The molecule has 2 aromatic rings. The van der Waals surface area contributed by atoms with Gasteiger partial charge in [0.2, 0.25) is 5.88 Å². The van der Waals surface area contributed by atoms with Gasteiger partial charge in [-0.25, -0.2) is 9.97 Å². The minimum atomic E-state index is -0.209. The second-order valence-corrected chi connectivity index (χ2v) is 4.76. The molecule has 2 heterocycles. The highest BCUT2D eigenvalue weighted by molar-refractivity contribution is 6.31. The summed E-state index contributed by atoms with van der Waals surface area (Å²) in [6.07, 6.45) is 2.00. The topological polar surface area (TPSA) is 90.9 Å². The summed E-state index contributed by atoms with van der Waals surface area (Å²) in [6, 6.07) is 1.53. The highest BCUT2D eigenvalue weighted by Gasteiger charge is 2.19. The Balaban J connectivity index is 2.28. The molecule has 0 aliphatic heterocycles. The summed E-state index contributed by atoms with van der Waals surface area (Å²) in [7, 11) is 3.40. The first-order valence-electron chi connectivity index (χ1n) is 6.06. The van der Waals surface area contributed by atoms with Gasteiger partial charge in [-0.15, -0.1) is 0 Å². The molecular formula is C12H17ClN6O. The van der Waals surface area contributed by atoms with Crippen LogP contribution in [-0.4, -0.2) is 26.9 Å². The number of nitrogens with one attached hydrogen (secondary N) is 1. The molecule has 0 amide bonds. The molecule has 0 radical (unpaired) electrons. The van der Waals surface area contributed by atoms with Crippen molar-refractivity contribution in [3.8, 4) is 5.88 Å². The number of halogens is 1. The van der Waals surface area contributed by atoms with E-state index >= 15 is 0 Å². The van der Waals surface area contributed by atoms with Gasteiger partial charge in [-0.1, -0.05) is 11.6 Å². The van der Waals surface area contributed by atoms with Gasteiger partial charge < -0.3 is 4.74 Å². The van der Waals surface area contributed by atoms with Gasteiger partial charge in [0.25, 0.3) is 0 Å². The minimum Gasteiger partial charge on any atom is -0.481 e. The maximum Gasteiger partial charge on any atom is 0.216 e. The maximum absolute atomic E-state index is 6.25. The molecule has 108 valence electrons. The lowest BCUT2D eigenvalue weighted by Crippen LogP contribution is -2.31. The lowest BCUT2D eigenvalue weighted by atomic mass is 10.1. The van der Waals surface area contributed by atoms with Gasteiger partial charge in [0, 0.05) is 19.5 Å². The first kappa shape index (κ1) is 14.7. The van der Waals surface area contributed by atoms with Crippen LogP contribution in [0.2, 0.25) is 5.02 Å². The number of aryl methyl sites for hydroxylation is 2. The Morgan fingerprint density at radius 2 is 2.25 bits per heavy atom. The summed E-state index contributed by atoms with van der Waals surface area (Å²) in [6.45, 7) is 1.87. The summed E-state index contributed by atoms with van der Waals surface area (Å²) >= 11 is 6.25. The van der Waals surface area contributed by atoms with Crippen LogP contribution in [0.15, 0.2) is 12.4 Å². The molecule has 0 fully saturated rings. The maximum atomic E-state index is 6.25. The number of rotatable bonds is 5. The number of aromatic nitrogens is 4. The van der Waals surface area contributed by atoms with Crippen molar-refractivity contribution in [1.29, 1.82) is 0 Å². The SMILES string of the molecule is COc1cc(C(Cc2c(Cl)c(C)nn2C)NN)ncn1. The van der Waals surface area contributed by atoms with Crippen molar-refractivity contribution in [2.24, 2.45) is 12.9 Å². The monoisotopic (exact) mass is 296 g/mol. The van der Waals surface area contributed by atoms with E-state index < -0.39 is 0 Å². The molecule has 0 saturated heterocycles. The lowest BCUT2D eigenvalue weighted by molar-refractivity contribution is 0.393. The quantitative estimate of drug-likeness (QED) is 0.630. The third kappa shape index (κ3) is 2.90. The number of nitrogens with zero attached hydrogens (tertiary/aromatic N) is 4. The number of hydrazine groups is 1. The fraction of sp³-hybridized carbons (Fsp3) is 0.417. The van der Waals surface area contributed by atoms with Crippen LogP contribution in [0, 0.1) is 6.92 Å². The molecule has 2 rings (SSSR count). The van der Waals surface area contributed by atoms with Crippen LogP contribution >= 0.6 is 11.6 Å². The molecule has 0 spiro atoms. The van der Waals surface area contributed by atoms with E-state index in [-0.39, 0.29) is 6.04 Å². The van der Waals surface area contributed by atoms with Gasteiger partial charge in [0.05, 0.1) is 35.3 Å². The van der Waals surface area contributed by atoms with Crippen molar-refractivity contribution in [1.82, 2.24) is 25.2 Å². The Labute approximate surface area is 122 Å². The Bertz CT molecular complexity index is 600. The minimum absolute atomic E-state index is 0.209. The number of hydrogen-bond acceptors (Lipinski definition) is 6. The van der Waals surface area contributed by atoms with Crippen LogP contribution in [0.25, 0.3) is 0 Å². The lowest BCUT2D eigenvalue weighted by Gasteiger charge is -2.16. The van der Waals surface area contributed by atoms with Gasteiger partial charge in [0.15, 0.2) is 0 Å². The Morgan fingerprint density at radius 3 is 2.80 bits per heavy atom. The smallest absolute Gasteiger partial charge is 0.216 e. The predicted molar refractivity (Wildman–Crippen MR) is 75.3 cm³/mol. The van der Waals surface area contributed by atoms with E-state index in [0.29, 0.717) is 17.3 Å². The van der Waals surface area contributed by atoms with E-state index in [1.807, 2.05) is 14.0 Å². The number of methoxy groups -OCH3 is 1. The van der Waals surface area contributed by atoms with Gasteiger partial charge >= 0.3 is 0 Å². The second kappa shape index (κ2) is 6.17. The van der Waals surface area contributed by atoms with E-state index in [0.717, 1.165) is 17.1 Å². The molecule has 3 N–H and O–H groups in total. The average molecular weight is 297 g/mol. The average Bonchev–Trinajstić information content (AvgIpc) is 2.70. The normalized spacial score (nSPS) is 12.4. The molecular weight excluding hydrogens is 280 g/mol. The first-order chi connectivity index (χ1) is 9.56. The molecule has 0 aliphatic rings. The summed E-state index contributed by atoms with van der Waals surface area (Å²) < 4.78 is 6.84. The summed E-state index contributed by atoms with van der Waals surface area (Å²) in [5.74, 6) is 6.12. The van der Waals surface area contributed by atoms with Crippen LogP contribution in [0.3, 0.4) is 0 Å². The fourth-order valence-corrected chi connectivity index (χ4v) is 2.24. The molecule has 0 aromatic carbocycles. The van der Waals surface area contributed by atoms with Gasteiger partial charge in [-0.2, -0.15) is 5.10 Å². The zero-order valence-corrected chi connectivity index (χ0v) is 12.3. The molecule has 0 saturated carbocycles. The van der Waals surface area contributed by atoms with Crippen LogP contribution in [0.4, 0.5) is 0 Å². The molecule has 2 aromatic heterocycles. The Morgan fingerprint density at radius 1 is 1.50 bits per heavy atom. The third-order valence-electron chi connectivity index (χ3n) is 3.09. The molecule has 8 heteroatoms. The molecule has 7 nitrogen and oxygen atoms in total. The zero-order chi connectivity index (χ0) is 14.7. The summed E-state index contributed by atoms with van der Waals surface area (Å²) in [5, 5.41) is 4.93. The van der Waals surface area contributed by atoms with Gasteiger partial charge in [-0.05, 0) is 6.92 Å². The van der Waals surface area contributed by atoms with Crippen LogP contribution < -0.4 is 16.0 Å². The molecule has 0 bridgehead atoms. The Kier molecular flexibility index (Phi) is 4.53. The van der Waals surface area contributed by atoms with E-state index in [1.165, 1.54) is 6.33 Å². The summed E-state index contributed by atoms with van der Waals surface area (Å²) in [5.41, 5.74) is 5.15. The molecule has 1 unspecified atom stereocenters. The van der Waals surface area contributed by atoms with Crippen molar-refractivity contribution in [3.05, 3.63) is 34.5 Å². The van der Waals surface area contributed by atoms with Crippen LogP contribution in [-0.2, 0) is 13.5 Å². The number of hydrogen-bond donors (Lipinski definition) is 2. The standard InChI is InChI=1S/C12H17ClN6O/c1-7-12(13)10(19(2)18-7)4-9(17-14)8-5-11(20-3)16-6-15-8/h5-6,9,17H,4,14H2,1-3H3. The zero-order valence-electron chi connectivity index (χ0n) is 11.6. The van der Waals surface area contributed by atoms with E-state index in [2.05, 4.69) is 20.5 Å². The van der Waals surface area contributed by atoms with Gasteiger partial charge in [0.1, 0.15) is 6.33 Å². The fourth-order valence-electron chi connectivity index (χ4n) is 2.00. The van der Waals surface area contributed by atoms with Crippen molar-refractivity contribution >= 4 is 11.6 Å². The number of ether oxygens (including phenoxy) is 1. The van der Waals surface area contributed by atoms with Crippen molar-refractivity contribution in [3.63, 3.8) is 0 Å². The highest BCUT2D eigenvalue weighted by Crippen LogP contribution is 2.25. The van der Waals surface area contributed by atoms with E-state index in [4.69, 9.17) is 22.2 Å². The highest BCUT2D eigenvalue weighted by atomic mass is 35.5. The third-order valence-corrected chi connectivity index (χ3v) is 3.58. The summed E-state index contributed by atoms with van der Waals surface area (Å²) in [4.78, 5) is 8.19. The van der Waals surface area contributed by atoms with E-state index in [9.17, 15) is 0 Å². The van der Waals surface area contributed by atoms with Crippen LogP contribution in [0.5, 0.6) is 5.88 Å². The largest absolute Gasteiger partial charge is 0.481 e. The van der Waals surface area contributed by atoms with Gasteiger partial charge in [-0.3, -0.25) is 16.0 Å². The predicted octanol–water partition coefficient (Wildman–Crippen LogP) is 0.928.